The highest BCUT2D eigenvalue weighted by Gasteiger charge is 2.71. The molecule has 1 saturated carbocycles. The summed E-state index contributed by atoms with van der Waals surface area (Å²) in [5.41, 5.74) is 3.20. The van der Waals surface area contributed by atoms with Crippen LogP contribution >= 0.6 is 0 Å². The van der Waals surface area contributed by atoms with Gasteiger partial charge in [0.15, 0.2) is 5.65 Å². The maximum absolute atomic E-state index is 14.1. The molecule has 152 valence electrons. The molecule has 6 rings (SSSR count). The average Bonchev–Trinajstić information content (AvgIpc) is 3.08. The molecule has 4 heterocycles. The second-order valence-electron chi connectivity index (χ2n) is 8.25. The summed E-state index contributed by atoms with van der Waals surface area (Å²) >= 11 is 0. The molecule has 9 heteroatoms. The van der Waals surface area contributed by atoms with Gasteiger partial charge in [-0.3, -0.25) is 9.78 Å². The Labute approximate surface area is 169 Å². The lowest BCUT2D eigenvalue weighted by atomic mass is 9.91. The van der Waals surface area contributed by atoms with Crippen LogP contribution in [0.25, 0.3) is 33.5 Å². The zero-order valence-electron chi connectivity index (χ0n) is 16.1. The van der Waals surface area contributed by atoms with Gasteiger partial charge in [0.1, 0.15) is 17.3 Å². The lowest BCUT2D eigenvalue weighted by Crippen LogP contribution is -2.27. The Hall–Kier alpha value is -3.23. The first-order valence-electron chi connectivity index (χ1n) is 9.78. The van der Waals surface area contributed by atoms with Gasteiger partial charge in [-0.2, -0.15) is 10.2 Å². The van der Waals surface area contributed by atoms with E-state index in [1.807, 2.05) is 0 Å². The van der Waals surface area contributed by atoms with Crippen LogP contribution in [0, 0.1) is 18.2 Å². The molecule has 6 nitrogen and oxygen atoms in total. The maximum Gasteiger partial charge on any atom is 0.256 e. The molecule has 0 saturated heterocycles. The number of benzene rings is 1. The molecule has 0 unspecified atom stereocenters. The standard InChI is InChI=1S/C21H17F3N6/c1-11-26-18(14-8-25-28-19(14)27-11)16-15-6-7-20(9-21(20,23)24)10-30(15)29-17(16)12-2-4-13(22)5-3-12/h2-5,8H,6-7,9-10H2,1H3,(H,25,26,27,28)/t20-/m1/s1. The first kappa shape index (κ1) is 17.6. The lowest BCUT2D eigenvalue weighted by molar-refractivity contribution is 0.0462. The summed E-state index contributed by atoms with van der Waals surface area (Å²) in [6.45, 7) is 1.96. The molecule has 1 N–H and O–H groups in total. The van der Waals surface area contributed by atoms with E-state index in [4.69, 9.17) is 5.10 Å². The van der Waals surface area contributed by atoms with Gasteiger partial charge in [-0.15, -0.1) is 0 Å². The van der Waals surface area contributed by atoms with Crippen LogP contribution in [0.5, 0.6) is 0 Å². The third-order valence-electron chi connectivity index (χ3n) is 6.34. The van der Waals surface area contributed by atoms with Crippen molar-refractivity contribution < 1.29 is 13.2 Å². The van der Waals surface area contributed by atoms with E-state index in [1.54, 1.807) is 29.9 Å². The minimum Gasteiger partial charge on any atom is -0.267 e. The average molecular weight is 410 g/mol. The number of fused-ring (bicyclic) bond motifs is 2. The Morgan fingerprint density at radius 2 is 1.87 bits per heavy atom. The van der Waals surface area contributed by atoms with Gasteiger partial charge in [0.2, 0.25) is 0 Å². The number of aryl methyl sites for hydroxylation is 1. The number of rotatable bonds is 2. The summed E-state index contributed by atoms with van der Waals surface area (Å²) < 4.78 is 43.4. The van der Waals surface area contributed by atoms with Crippen LogP contribution in [0.1, 0.15) is 24.4 Å². The molecule has 0 amide bonds. The highest BCUT2D eigenvalue weighted by atomic mass is 19.3. The van der Waals surface area contributed by atoms with E-state index in [-0.39, 0.29) is 18.8 Å². The molecule has 30 heavy (non-hydrogen) atoms. The zero-order chi connectivity index (χ0) is 20.7. The lowest BCUT2D eigenvalue weighted by Gasteiger charge is -2.24. The van der Waals surface area contributed by atoms with Gasteiger partial charge in [0.05, 0.1) is 34.8 Å². The monoisotopic (exact) mass is 410 g/mol. The number of nitrogens with one attached hydrogen (secondary N) is 1. The Bertz CT molecular complexity index is 1310. The van der Waals surface area contributed by atoms with E-state index in [9.17, 15) is 13.2 Å². The summed E-state index contributed by atoms with van der Waals surface area (Å²) in [6.07, 6.45) is 2.43. The van der Waals surface area contributed by atoms with Gasteiger partial charge >= 0.3 is 0 Å². The third kappa shape index (κ3) is 2.37. The number of hydrogen-bond acceptors (Lipinski definition) is 4. The summed E-state index contributed by atoms with van der Waals surface area (Å²) in [6, 6.07) is 6.03. The van der Waals surface area contributed by atoms with Crippen molar-refractivity contribution in [2.75, 3.05) is 0 Å². The van der Waals surface area contributed by atoms with Crippen LogP contribution in [0.15, 0.2) is 30.5 Å². The molecule has 1 fully saturated rings. The quantitative estimate of drug-likeness (QED) is 0.535. The Balaban J connectivity index is 1.61. The van der Waals surface area contributed by atoms with Gasteiger partial charge in [-0.05, 0) is 44.0 Å². The second-order valence-corrected chi connectivity index (χ2v) is 8.25. The fourth-order valence-electron chi connectivity index (χ4n) is 4.62. The fourth-order valence-corrected chi connectivity index (χ4v) is 4.62. The molecule has 1 spiro atoms. The second kappa shape index (κ2) is 5.68. The van der Waals surface area contributed by atoms with Gasteiger partial charge in [-0.25, -0.2) is 23.1 Å². The molecular weight excluding hydrogens is 393 g/mol. The SMILES string of the molecule is Cc1nc(-c2c(-c3ccc(F)cc3)nn3c2CC[C@]2(C3)CC2(F)F)c2cn[nH]c2n1. The molecule has 3 aromatic heterocycles. The van der Waals surface area contributed by atoms with Crippen LogP contribution in [0.4, 0.5) is 13.2 Å². The fraction of sp³-hybridized carbons (Fsp3) is 0.333. The van der Waals surface area contributed by atoms with Gasteiger partial charge in [-0.1, -0.05) is 0 Å². The normalized spacial score (nSPS) is 21.9. The van der Waals surface area contributed by atoms with E-state index in [2.05, 4.69) is 20.2 Å². The van der Waals surface area contributed by atoms with Gasteiger partial charge in [0, 0.05) is 17.7 Å². The van der Waals surface area contributed by atoms with E-state index >= 15 is 0 Å². The van der Waals surface area contributed by atoms with E-state index < -0.39 is 11.3 Å². The predicted octanol–water partition coefficient (Wildman–Crippen LogP) is 4.30. The predicted molar refractivity (Wildman–Crippen MR) is 103 cm³/mol. The number of aromatic nitrogens is 6. The molecule has 2 aliphatic rings. The van der Waals surface area contributed by atoms with Gasteiger partial charge in [0.25, 0.3) is 5.92 Å². The van der Waals surface area contributed by atoms with Crippen molar-refractivity contribution in [2.24, 2.45) is 5.41 Å². The highest BCUT2D eigenvalue weighted by molar-refractivity contribution is 5.95. The number of halogens is 3. The Kier molecular flexibility index (Phi) is 3.33. The van der Waals surface area contributed by atoms with Crippen LogP contribution in [-0.2, 0) is 13.0 Å². The van der Waals surface area contributed by atoms with Crippen LogP contribution in [0.3, 0.4) is 0 Å². The number of hydrogen-bond donors (Lipinski definition) is 1. The molecule has 1 aliphatic carbocycles. The van der Waals surface area contributed by atoms with Crippen LogP contribution in [0.2, 0.25) is 0 Å². The summed E-state index contributed by atoms with van der Waals surface area (Å²) in [4.78, 5) is 9.04. The smallest absolute Gasteiger partial charge is 0.256 e. The largest absolute Gasteiger partial charge is 0.267 e. The molecule has 4 aromatic rings. The molecule has 0 bridgehead atoms. The van der Waals surface area contributed by atoms with Crippen molar-refractivity contribution in [1.29, 1.82) is 0 Å². The van der Waals surface area contributed by atoms with Crippen molar-refractivity contribution >= 4 is 11.0 Å². The molecule has 1 aromatic carbocycles. The molecule has 1 atom stereocenters. The molecular formula is C21H17F3N6. The van der Waals surface area contributed by atoms with E-state index in [0.717, 1.165) is 16.6 Å². The number of H-pyrrole nitrogens is 1. The Morgan fingerprint density at radius 3 is 2.60 bits per heavy atom. The first-order chi connectivity index (χ1) is 14.4. The topological polar surface area (TPSA) is 72.3 Å². The minimum absolute atomic E-state index is 0.0981. The summed E-state index contributed by atoms with van der Waals surface area (Å²) in [5, 5.41) is 12.4. The van der Waals surface area contributed by atoms with Crippen molar-refractivity contribution in [1.82, 2.24) is 29.9 Å². The van der Waals surface area contributed by atoms with Crippen LogP contribution < -0.4 is 0 Å². The molecule has 1 aliphatic heterocycles. The van der Waals surface area contributed by atoms with E-state index in [0.29, 0.717) is 41.3 Å². The van der Waals surface area contributed by atoms with Crippen molar-refractivity contribution in [3.8, 4) is 22.5 Å². The first-order valence-corrected chi connectivity index (χ1v) is 9.78. The number of alkyl halides is 2. The Morgan fingerprint density at radius 1 is 1.10 bits per heavy atom. The maximum atomic E-state index is 14.1. The van der Waals surface area contributed by atoms with Gasteiger partial charge < -0.3 is 0 Å². The molecule has 0 radical (unpaired) electrons. The van der Waals surface area contributed by atoms with Crippen molar-refractivity contribution in [3.63, 3.8) is 0 Å². The number of nitrogens with zero attached hydrogens (tertiary/aromatic N) is 5. The van der Waals surface area contributed by atoms with Crippen molar-refractivity contribution in [2.45, 2.75) is 38.7 Å². The summed E-state index contributed by atoms with van der Waals surface area (Å²) in [5.74, 6) is -2.43. The number of aromatic amines is 1. The highest BCUT2D eigenvalue weighted by Crippen LogP contribution is 2.65. The summed E-state index contributed by atoms with van der Waals surface area (Å²) in [7, 11) is 0. The van der Waals surface area contributed by atoms with Crippen molar-refractivity contribution in [3.05, 3.63) is 47.8 Å². The van der Waals surface area contributed by atoms with Crippen LogP contribution in [-0.4, -0.2) is 35.9 Å². The minimum atomic E-state index is -2.64. The van der Waals surface area contributed by atoms with E-state index in [1.165, 1.54) is 12.1 Å². The zero-order valence-corrected chi connectivity index (χ0v) is 16.1. The third-order valence-corrected chi connectivity index (χ3v) is 6.34.